The van der Waals surface area contributed by atoms with Crippen LogP contribution in [-0.4, -0.2) is 14.1 Å². The highest BCUT2D eigenvalue weighted by atomic mass is 15.0. The van der Waals surface area contributed by atoms with E-state index < -0.39 is 0 Å². The molecule has 8 aromatic carbocycles. The molecule has 4 nitrogen and oxygen atoms in total. The van der Waals surface area contributed by atoms with Gasteiger partial charge in [-0.05, 0) is 207 Å². The molecule has 0 bridgehead atoms. The molecule has 64 heavy (non-hydrogen) atoms. The molecule has 0 spiro atoms. The smallest absolute Gasteiger partial charge is 0.0547 e. The zero-order chi connectivity index (χ0) is 42.2. The fourth-order valence-electron chi connectivity index (χ4n) is 12.2. The molecule has 3 aromatic heterocycles. The average Bonchev–Trinajstić information content (AvgIpc) is 4.12. The number of fused-ring (bicyclic) bond motifs is 9. The van der Waals surface area contributed by atoms with Gasteiger partial charge in [-0.25, -0.2) is 0 Å². The Morgan fingerprint density at radius 3 is 1.58 bits per heavy atom. The normalized spacial score (nSPS) is 14.4. The van der Waals surface area contributed by atoms with Crippen LogP contribution in [0.2, 0.25) is 0 Å². The number of hydrogen-bond donors (Lipinski definition) is 1. The topological polar surface area (TPSA) is 48.8 Å². The van der Waals surface area contributed by atoms with Crippen molar-refractivity contribution in [2.45, 2.75) is 45.4 Å². The minimum Gasteiger partial charge on any atom is -0.405 e. The highest BCUT2D eigenvalue weighted by Gasteiger charge is 2.25. The van der Waals surface area contributed by atoms with E-state index in [-0.39, 0.29) is 0 Å². The van der Waals surface area contributed by atoms with Crippen LogP contribution in [0.1, 0.15) is 40.3 Å². The second kappa shape index (κ2) is 13.4. The SMILES string of the molecule is C/C=C(\C=C/N)n1c2ccc(-c3ccc4c5c(cccc35)CC4)cc2c2cc3c(cc21)-c1cc2c(cc1CC3)c1cc(-c3ccc4c5c(cccc35)CC4)ccc1n2-c1ccncc1. The van der Waals surface area contributed by atoms with Crippen LogP contribution in [-0.2, 0) is 38.5 Å². The number of nitrogens with two attached hydrogens (primary N) is 1. The maximum absolute atomic E-state index is 6.14. The predicted octanol–water partition coefficient (Wildman–Crippen LogP) is 14.2. The molecule has 4 heteroatoms. The minimum atomic E-state index is 0.985. The third-order valence-corrected chi connectivity index (χ3v) is 15.1. The highest BCUT2D eigenvalue weighted by molar-refractivity contribution is 6.16. The van der Waals surface area contributed by atoms with Gasteiger partial charge in [-0.3, -0.25) is 4.98 Å². The summed E-state index contributed by atoms with van der Waals surface area (Å²) in [5.74, 6) is 0. The molecular weight excluding hydrogens is 777 g/mol. The summed E-state index contributed by atoms with van der Waals surface area (Å²) in [6.07, 6.45) is 16.2. The molecule has 304 valence electrons. The Kier molecular flexibility index (Phi) is 7.51. The lowest BCUT2D eigenvalue weighted by atomic mass is 9.84. The van der Waals surface area contributed by atoms with E-state index in [9.17, 15) is 0 Å². The molecule has 0 radical (unpaired) electrons. The zero-order valence-electron chi connectivity index (χ0n) is 35.8. The van der Waals surface area contributed by atoms with Crippen LogP contribution in [0, 0.1) is 0 Å². The van der Waals surface area contributed by atoms with Crippen molar-refractivity contribution in [1.29, 1.82) is 0 Å². The van der Waals surface area contributed by atoms with Crippen LogP contribution in [0.25, 0.3) is 110 Å². The summed E-state index contributed by atoms with van der Waals surface area (Å²) in [6.45, 7) is 2.10. The van der Waals surface area contributed by atoms with Gasteiger partial charge in [0.15, 0.2) is 0 Å². The van der Waals surface area contributed by atoms with Crippen molar-refractivity contribution in [2.24, 2.45) is 5.73 Å². The molecule has 3 aliphatic rings. The predicted molar refractivity (Wildman–Crippen MR) is 268 cm³/mol. The minimum absolute atomic E-state index is 0.985. The molecule has 3 aliphatic carbocycles. The van der Waals surface area contributed by atoms with Gasteiger partial charge in [0.1, 0.15) is 0 Å². The third kappa shape index (κ3) is 4.97. The van der Waals surface area contributed by atoms with E-state index in [1.807, 2.05) is 18.5 Å². The van der Waals surface area contributed by atoms with Gasteiger partial charge in [0, 0.05) is 45.3 Å². The Bertz CT molecular complexity index is 3890. The summed E-state index contributed by atoms with van der Waals surface area (Å²) < 4.78 is 4.85. The lowest BCUT2D eigenvalue weighted by Crippen LogP contribution is -2.05. The second-order valence-electron chi connectivity index (χ2n) is 18.2. The molecule has 0 saturated carbocycles. The molecular formula is C60H44N4. The lowest BCUT2D eigenvalue weighted by Gasteiger charge is -2.21. The van der Waals surface area contributed by atoms with E-state index in [0.717, 1.165) is 49.9 Å². The monoisotopic (exact) mass is 820 g/mol. The fraction of sp³-hybridized carbons (Fsp3) is 0.117. The van der Waals surface area contributed by atoms with Crippen molar-refractivity contribution < 1.29 is 0 Å². The maximum Gasteiger partial charge on any atom is 0.0547 e. The molecule has 2 N–H and O–H groups in total. The summed E-state index contributed by atoms with van der Waals surface area (Å²) in [7, 11) is 0. The molecule has 3 heterocycles. The maximum atomic E-state index is 6.14. The van der Waals surface area contributed by atoms with Crippen LogP contribution in [0.4, 0.5) is 0 Å². The van der Waals surface area contributed by atoms with Gasteiger partial charge in [0.25, 0.3) is 0 Å². The van der Waals surface area contributed by atoms with Gasteiger partial charge >= 0.3 is 0 Å². The molecule has 0 atom stereocenters. The van der Waals surface area contributed by atoms with Gasteiger partial charge in [-0.2, -0.15) is 0 Å². The van der Waals surface area contributed by atoms with Gasteiger partial charge < -0.3 is 14.9 Å². The van der Waals surface area contributed by atoms with Gasteiger partial charge in [0.2, 0.25) is 0 Å². The fourth-order valence-corrected chi connectivity index (χ4v) is 12.2. The largest absolute Gasteiger partial charge is 0.405 e. The van der Waals surface area contributed by atoms with E-state index in [2.05, 4.69) is 161 Å². The van der Waals surface area contributed by atoms with Crippen molar-refractivity contribution in [1.82, 2.24) is 14.1 Å². The molecule has 0 unspecified atom stereocenters. The first kappa shape index (κ1) is 35.9. The number of benzene rings is 8. The summed E-state index contributed by atoms with van der Waals surface area (Å²) in [4.78, 5) is 4.42. The Morgan fingerprint density at radius 2 is 0.984 bits per heavy atom. The van der Waals surface area contributed by atoms with Crippen LogP contribution >= 0.6 is 0 Å². The molecule has 0 amide bonds. The summed E-state index contributed by atoms with van der Waals surface area (Å²) in [6, 6.07) is 51.5. The van der Waals surface area contributed by atoms with E-state index in [1.165, 1.54) is 132 Å². The number of rotatable bonds is 5. The van der Waals surface area contributed by atoms with Crippen molar-refractivity contribution in [3.8, 4) is 39.1 Å². The standard InChI is InChI=1S/C60H44N4/c1-2-43(23-26-61)63-55-21-17-39(45-19-15-37-11-9-35-5-3-7-47(45)59(35)37)29-51(55)53-31-41-13-14-42-32-54-52-30-40(46-20-16-38-12-10-36-6-4-8-48(46)60(36)38)18-22-56(52)64(44-24-27-62-28-25-44)58(54)34-50(42)49(41)33-57(53)63/h2-8,15-34H,9-14,61H2,1H3/b26-23-,43-2+. The summed E-state index contributed by atoms with van der Waals surface area (Å²) >= 11 is 0. The van der Waals surface area contributed by atoms with E-state index in [1.54, 1.807) is 6.20 Å². The first-order valence-electron chi connectivity index (χ1n) is 22.9. The molecule has 14 rings (SSSR count). The van der Waals surface area contributed by atoms with Crippen LogP contribution in [0.3, 0.4) is 0 Å². The Balaban J connectivity index is 0.990. The number of nitrogens with zero attached hydrogens (tertiary/aromatic N) is 3. The average molecular weight is 821 g/mol. The van der Waals surface area contributed by atoms with Crippen molar-refractivity contribution >= 4 is 70.9 Å². The molecule has 11 aromatic rings. The van der Waals surface area contributed by atoms with Crippen LogP contribution < -0.4 is 5.73 Å². The number of pyridine rings is 1. The summed E-state index contributed by atoms with van der Waals surface area (Å²) in [5, 5.41) is 10.7. The number of aryl methyl sites for hydroxylation is 6. The molecule has 0 saturated heterocycles. The van der Waals surface area contributed by atoms with Crippen LogP contribution in [0.5, 0.6) is 0 Å². The Labute approximate surface area is 371 Å². The van der Waals surface area contributed by atoms with E-state index >= 15 is 0 Å². The first-order chi connectivity index (χ1) is 31.6. The Morgan fingerprint density at radius 1 is 0.469 bits per heavy atom. The second-order valence-corrected chi connectivity index (χ2v) is 18.2. The number of allylic oxidation sites excluding steroid dienone is 3. The Hall–Kier alpha value is -7.69. The van der Waals surface area contributed by atoms with Gasteiger partial charge in [0.05, 0.1) is 22.1 Å². The number of hydrogen-bond acceptors (Lipinski definition) is 2. The lowest BCUT2D eigenvalue weighted by molar-refractivity contribution is 0.946. The molecule has 0 aliphatic heterocycles. The third-order valence-electron chi connectivity index (χ3n) is 15.1. The van der Waals surface area contributed by atoms with E-state index in [4.69, 9.17) is 5.73 Å². The van der Waals surface area contributed by atoms with Crippen molar-refractivity contribution in [2.75, 3.05) is 0 Å². The first-order valence-corrected chi connectivity index (χ1v) is 22.9. The van der Waals surface area contributed by atoms with E-state index in [0.29, 0.717) is 0 Å². The highest BCUT2D eigenvalue weighted by Crippen LogP contribution is 2.46. The quantitative estimate of drug-likeness (QED) is 0.176. The van der Waals surface area contributed by atoms with Crippen molar-refractivity contribution in [3.63, 3.8) is 0 Å². The van der Waals surface area contributed by atoms with Gasteiger partial charge in [-0.15, -0.1) is 0 Å². The van der Waals surface area contributed by atoms with Gasteiger partial charge in [-0.1, -0.05) is 78.9 Å². The zero-order valence-corrected chi connectivity index (χ0v) is 35.8. The molecule has 0 fully saturated rings. The van der Waals surface area contributed by atoms with Crippen LogP contribution in [0.15, 0.2) is 164 Å². The summed E-state index contributed by atoms with van der Waals surface area (Å²) in [5.41, 5.74) is 29.5. The number of aromatic nitrogens is 3. The van der Waals surface area contributed by atoms with Crippen molar-refractivity contribution in [3.05, 3.63) is 198 Å².